The molecule has 0 aromatic heterocycles. The molecular formula is C7H16ClNO4S2. The zero-order valence-electron chi connectivity index (χ0n) is 8.81. The highest BCUT2D eigenvalue weighted by Gasteiger charge is 2.24. The molecule has 0 fully saturated rings. The van der Waals surface area contributed by atoms with Gasteiger partial charge in [0.15, 0.2) is 14.9 Å². The molecule has 92 valence electrons. The van der Waals surface area contributed by atoms with Crippen LogP contribution in [0.1, 0.15) is 13.3 Å². The fourth-order valence-electron chi connectivity index (χ4n) is 1.08. The molecule has 0 saturated carbocycles. The number of sulfone groups is 1. The minimum absolute atomic E-state index is 0.259. The fraction of sp³-hybridized carbons (Fsp3) is 1.00. The number of rotatable bonds is 7. The average molecular weight is 278 g/mol. The third kappa shape index (κ3) is 6.34. The number of alkyl halides is 1. The Bertz CT molecular complexity index is 376. The van der Waals surface area contributed by atoms with E-state index >= 15 is 0 Å². The van der Waals surface area contributed by atoms with E-state index in [9.17, 15) is 16.8 Å². The highest BCUT2D eigenvalue weighted by atomic mass is 35.5. The third-order valence-electron chi connectivity index (χ3n) is 1.65. The molecule has 0 heterocycles. The lowest BCUT2D eigenvalue weighted by Gasteiger charge is -2.19. The molecule has 15 heavy (non-hydrogen) atoms. The van der Waals surface area contributed by atoms with Crippen LogP contribution in [0.5, 0.6) is 0 Å². The van der Waals surface area contributed by atoms with Gasteiger partial charge in [0.2, 0.25) is 10.0 Å². The third-order valence-corrected chi connectivity index (χ3v) is 6.05. The van der Waals surface area contributed by atoms with Crippen molar-refractivity contribution in [2.75, 3.05) is 30.3 Å². The summed E-state index contributed by atoms with van der Waals surface area (Å²) in [4.78, 5) is 0. The Balaban J connectivity index is 4.67. The molecule has 0 aliphatic rings. The molecule has 0 rings (SSSR count). The van der Waals surface area contributed by atoms with Crippen molar-refractivity contribution in [1.82, 2.24) is 4.31 Å². The molecule has 0 saturated heterocycles. The summed E-state index contributed by atoms with van der Waals surface area (Å²) in [5.41, 5.74) is 0. The topological polar surface area (TPSA) is 71.5 Å². The number of sulfonamides is 1. The monoisotopic (exact) mass is 277 g/mol. The highest BCUT2D eigenvalue weighted by Crippen LogP contribution is 2.05. The fourth-order valence-corrected chi connectivity index (χ4v) is 4.76. The van der Waals surface area contributed by atoms with Crippen molar-refractivity contribution in [3.05, 3.63) is 0 Å². The lowest BCUT2D eigenvalue weighted by Crippen LogP contribution is -2.36. The molecule has 0 radical (unpaired) electrons. The van der Waals surface area contributed by atoms with Crippen LogP contribution in [-0.4, -0.2) is 51.5 Å². The van der Waals surface area contributed by atoms with Gasteiger partial charge in [0.25, 0.3) is 0 Å². The Kier molecular flexibility index (Phi) is 6.09. The molecule has 5 nitrogen and oxygen atoms in total. The van der Waals surface area contributed by atoms with E-state index in [1.54, 1.807) is 6.92 Å². The first kappa shape index (κ1) is 15.2. The van der Waals surface area contributed by atoms with Crippen molar-refractivity contribution < 1.29 is 16.8 Å². The minimum Gasteiger partial charge on any atom is -0.228 e. The van der Waals surface area contributed by atoms with E-state index in [2.05, 4.69) is 0 Å². The summed E-state index contributed by atoms with van der Waals surface area (Å²) >= 11 is 5.45. The van der Waals surface area contributed by atoms with Crippen LogP contribution in [0, 0.1) is 0 Å². The largest absolute Gasteiger partial charge is 0.228 e. The molecule has 0 atom stereocenters. The number of nitrogens with zero attached hydrogens (tertiary/aromatic N) is 1. The lowest BCUT2D eigenvalue weighted by molar-refractivity contribution is 0.430. The second-order valence-corrected chi connectivity index (χ2v) is 8.04. The number of hydrogen-bond donors (Lipinski definition) is 0. The molecule has 0 aliphatic heterocycles. The zero-order valence-corrected chi connectivity index (χ0v) is 11.2. The van der Waals surface area contributed by atoms with E-state index in [0.29, 0.717) is 12.3 Å². The summed E-state index contributed by atoms with van der Waals surface area (Å²) in [7, 11) is -7.24. The standard InChI is InChI=1S/C7H16ClNO4S2/c1-3-9(6-4-5-8)15(12,13)7-14(2,10)11/h3-7H2,1-2H3. The van der Waals surface area contributed by atoms with Gasteiger partial charge in [0.1, 0.15) is 0 Å². The van der Waals surface area contributed by atoms with E-state index < -0.39 is 24.9 Å². The molecule has 0 spiro atoms. The van der Waals surface area contributed by atoms with Gasteiger partial charge < -0.3 is 0 Å². The Morgan fingerprint density at radius 2 is 1.73 bits per heavy atom. The summed E-state index contributed by atoms with van der Waals surface area (Å²) in [6.45, 7) is 2.18. The van der Waals surface area contributed by atoms with E-state index in [-0.39, 0.29) is 13.1 Å². The molecule has 0 aliphatic carbocycles. The maximum Gasteiger partial charge on any atom is 0.228 e. The van der Waals surface area contributed by atoms with Crippen molar-refractivity contribution in [2.24, 2.45) is 0 Å². The van der Waals surface area contributed by atoms with Crippen LogP contribution in [0.3, 0.4) is 0 Å². The van der Waals surface area contributed by atoms with Gasteiger partial charge >= 0.3 is 0 Å². The summed E-state index contributed by atoms with van der Waals surface area (Å²) < 4.78 is 46.1. The van der Waals surface area contributed by atoms with Gasteiger partial charge in [-0.2, -0.15) is 0 Å². The van der Waals surface area contributed by atoms with Gasteiger partial charge in [-0.05, 0) is 6.42 Å². The zero-order chi connectivity index (χ0) is 12.1. The molecule has 0 bridgehead atoms. The molecular weight excluding hydrogens is 262 g/mol. The first-order valence-electron chi connectivity index (χ1n) is 4.44. The van der Waals surface area contributed by atoms with Gasteiger partial charge in [-0.15, -0.1) is 11.6 Å². The van der Waals surface area contributed by atoms with Crippen LogP contribution in [0.15, 0.2) is 0 Å². The van der Waals surface area contributed by atoms with Gasteiger partial charge in [0.05, 0.1) is 0 Å². The normalized spacial score (nSPS) is 13.3. The summed E-state index contributed by atoms with van der Waals surface area (Å²) in [5.74, 6) is 0.352. The molecule has 0 N–H and O–H groups in total. The van der Waals surface area contributed by atoms with Crippen LogP contribution in [0.2, 0.25) is 0 Å². The van der Waals surface area contributed by atoms with Gasteiger partial charge in [-0.25, -0.2) is 21.1 Å². The van der Waals surface area contributed by atoms with E-state index in [1.807, 2.05) is 0 Å². The number of halogens is 1. The lowest BCUT2D eigenvalue weighted by atomic mass is 10.5. The first-order valence-corrected chi connectivity index (χ1v) is 8.65. The molecule has 8 heteroatoms. The summed E-state index contributed by atoms with van der Waals surface area (Å²) in [6, 6.07) is 0. The quantitative estimate of drug-likeness (QED) is 0.626. The Morgan fingerprint density at radius 3 is 2.07 bits per heavy atom. The summed E-state index contributed by atoms with van der Waals surface area (Å²) in [6.07, 6.45) is 1.42. The predicted molar refractivity (Wildman–Crippen MR) is 61.2 cm³/mol. The first-order chi connectivity index (χ1) is 6.73. The molecule has 0 aromatic carbocycles. The minimum atomic E-state index is -3.72. The van der Waals surface area contributed by atoms with E-state index in [0.717, 1.165) is 10.6 Å². The van der Waals surface area contributed by atoms with Crippen molar-refractivity contribution in [1.29, 1.82) is 0 Å². The van der Waals surface area contributed by atoms with Crippen LogP contribution in [0.4, 0.5) is 0 Å². The van der Waals surface area contributed by atoms with Crippen LogP contribution in [-0.2, 0) is 19.9 Å². The Hall–Kier alpha value is 0.150. The smallest absolute Gasteiger partial charge is 0.228 e. The van der Waals surface area contributed by atoms with Gasteiger partial charge in [0, 0.05) is 25.2 Å². The maximum absolute atomic E-state index is 11.6. The highest BCUT2D eigenvalue weighted by molar-refractivity contribution is 8.06. The Morgan fingerprint density at radius 1 is 1.20 bits per heavy atom. The van der Waals surface area contributed by atoms with Crippen molar-refractivity contribution in [3.8, 4) is 0 Å². The van der Waals surface area contributed by atoms with Crippen LogP contribution in [0.25, 0.3) is 0 Å². The van der Waals surface area contributed by atoms with Crippen LogP contribution >= 0.6 is 11.6 Å². The maximum atomic E-state index is 11.6. The second-order valence-electron chi connectivity index (χ2n) is 3.19. The van der Waals surface area contributed by atoms with Gasteiger partial charge in [-0.3, -0.25) is 0 Å². The molecule has 0 amide bonds. The predicted octanol–water partition coefficient (Wildman–Crippen LogP) is 0.269. The van der Waals surface area contributed by atoms with Crippen molar-refractivity contribution in [3.63, 3.8) is 0 Å². The average Bonchev–Trinajstić information content (AvgIpc) is 2.00. The van der Waals surface area contributed by atoms with E-state index in [4.69, 9.17) is 11.6 Å². The Labute approximate surface area is 96.4 Å². The second kappa shape index (κ2) is 6.03. The molecule has 0 aromatic rings. The van der Waals surface area contributed by atoms with Crippen molar-refractivity contribution >= 4 is 31.5 Å². The van der Waals surface area contributed by atoms with Crippen molar-refractivity contribution in [2.45, 2.75) is 13.3 Å². The SMILES string of the molecule is CCN(CCCCl)S(=O)(=O)CS(C)(=O)=O. The summed E-state index contributed by atoms with van der Waals surface area (Å²) in [5, 5.41) is -0.837. The van der Waals surface area contributed by atoms with Gasteiger partial charge in [-0.1, -0.05) is 6.92 Å². The van der Waals surface area contributed by atoms with Crippen LogP contribution < -0.4 is 0 Å². The number of hydrogen-bond acceptors (Lipinski definition) is 4. The molecule has 0 unspecified atom stereocenters. The van der Waals surface area contributed by atoms with E-state index in [1.165, 1.54) is 0 Å².